The molecule has 0 bridgehead atoms. The number of benzene rings is 1. The van der Waals surface area contributed by atoms with Crippen LogP contribution in [0.15, 0.2) is 18.2 Å². The lowest BCUT2D eigenvalue weighted by atomic mass is 9.92. The van der Waals surface area contributed by atoms with E-state index in [1.807, 2.05) is 32.0 Å². The van der Waals surface area contributed by atoms with Crippen molar-refractivity contribution in [3.63, 3.8) is 0 Å². The number of aromatic nitrogens is 1. The maximum absolute atomic E-state index is 12.4. The fourth-order valence-corrected chi connectivity index (χ4v) is 2.75. The molecular weight excluding hydrogens is 302 g/mol. The van der Waals surface area contributed by atoms with Gasteiger partial charge in [-0.3, -0.25) is 9.59 Å². The van der Waals surface area contributed by atoms with Gasteiger partial charge in [0.2, 0.25) is 0 Å². The number of nitrogens with one attached hydrogen (secondary N) is 2. The third-order valence-electron chi connectivity index (χ3n) is 4.01. The third kappa shape index (κ3) is 3.57. The van der Waals surface area contributed by atoms with Gasteiger partial charge in [0.15, 0.2) is 5.78 Å². The Labute approximate surface area is 133 Å². The number of Topliss-reactive ketones (excluding diaryl/α,β-unsaturated/α-hetero) is 1. The summed E-state index contributed by atoms with van der Waals surface area (Å²) >= 11 is 0. The Kier molecular flexibility index (Phi) is 5.13. The zero-order valence-electron chi connectivity index (χ0n) is 13.4. The van der Waals surface area contributed by atoms with E-state index < -0.39 is 12.2 Å². The van der Waals surface area contributed by atoms with E-state index in [1.54, 1.807) is 0 Å². The van der Waals surface area contributed by atoms with Crippen molar-refractivity contribution >= 4 is 22.6 Å². The number of H-pyrrole nitrogens is 1. The van der Waals surface area contributed by atoms with Crippen molar-refractivity contribution in [3.05, 3.63) is 35.0 Å². The van der Waals surface area contributed by atoms with Crippen molar-refractivity contribution in [3.8, 4) is 0 Å². The Balaban J connectivity index is 2.41. The standard InChI is InChI=1S/C17H20F2N2O2/c1-9-4-6-12-11(8-9)14(15(21-12)17(23)20-3)10(2)5-7-13(22)16(18)19/h4,6,8,10,16,21H,5,7H2,1-3H3,(H,20,23)/t10-/m0/s1. The van der Waals surface area contributed by atoms with Crippen LogP contribution < -0.4 is 5.32 Å². The lowest BCUT2D eigenvalue weighted by Gasteiger charge is -2.13. The summed E-state index contributed by atoms with van der Waals surface area (Å²) in [4.78, 5) is 26.4. The molecule has 0 unspecified atom stereocenters. The fraction of sp³-hybridized carbons (Fsp3) is 0.412. The van der Waals surface area contributed by atoms with Crippen molar-refractivity contribution in [1.29, 1.82) is 0 Å². The molecule has 1 aromatic heterocycles. The van der Waals surface area contributed by atoms with Crippen LogP contribution in [0.4, 0.5) is 8.78 Å². The highest BCUT2D eigenvalue weighted by Gasteiger charge is 2.23. The Hall–Kier alpha value is -2.24. The molecule has 2 N–H and O–H groups in total. The fourth-order valence-electron chi connectivity index (χ4n) is 2.75. The van der Waals surface area contributed by atoms with E-state index in [0.717, 1.165) is 22.0 Å². The van der Waals surface area contributed by atoms with Crippen LogP contribution in [0, 0.1) is 6.92 Å². The molecule has 23 heavy (non-hydrogen) atoms. The molecule has 0 saturated heterocycles. The SMILES string of the molecule is CNC(=O)c1[nH]c2ccc(C)cc2c1[C@@H](C)CCC(=O)C(F)F. The van der Waals surface area contributed by atoms with Gasteiger partial charge in [-0.15, -0.1) is 0 Å². The summed E-state index contributed by atoms with van der Waals surface area (Å²) in [6.07, 6.45) is -2.87. The second-order valence-electron chi connectivity index (χ2n) is 5.75. The molecule has 4 nitrogen and oxygen atoms in total. The van der Waals surface area contributed by atoms with E-state index >= 15 is 0 Å². The maximum atomic E-state index is 12.4. The van der Waals surface area contributed by atoms with Crippen molar-refractivity contribution in [2.24, 2.45) is 0 Å². The summed E-state index contributed by atoms with van der Waals surface area (Å²) in [7, 11) is 1.54. The van der Waals surface area contributed by atoms with Gasteiger partial charge in [-0.2, -0.15) is 0 Å². The number of fused-ring (bicyclic) bond motifs is 1. The normalized spacial score (nSPS) is 12.6. The van der Waals surface area contributed by atoms with E-state index in [0.29, 0.717) is 5.69 Å². The zero-order valence-corrected chi connectivity index (χ0v) is 13.4. The molecule has 0 aliphatic carbocycles. The van der Waals surface area contributed by atoms with Crippen LogP contribution in [-0.4, -0.2) is 30.1 Å². The number of rotatable bonds is 6. The zero-order chi connectivity index (χ0) is 17.1. The van der Waals surface area contributed by atoms with Crippen LogP contribution in [0.1, 0.15) is 47.3 Å². The van der Waals surface area contributed by atoms with Gasteiger partial charge < -0.3 is 10.3 Å². The average molecular weight is 322 g/mol. The molecule has 0 spiro atoms. The second kappa shape index (κ2) is 6.89. The van der Waals surface area contributed by atoms with E-state index in [1.165, 1.54) is 7.05 Å². The Morgan fingerprint density at radius 3 is 2.61 bits per heavy atom. The van der Waals surface area contributed by atoms with E-state index in [4.69, 9.17) is 0 Å². The van der Waals surface area contributed by atoms with Crippen LogP contribution in [0.3, 0.4) is 0 Å². The third-order valence-corrected chi connectivity index (χ3v) is 4.01. The molecule has 0 fully saturated rings. The first-order valence-corrected chi connectivity index (χ1v) is 7.50. The maximum Gasteiger partial charge on any atom is 0.295 e. The lowest BCUT2D eigenvalue weighted by Crippen LogP contribution is -2.20. The van der Waals surface area contributed by atoms with Crippen molar-refractivity contribution in [2.75, 3.05) is 7.05 Å². The van der Waals surface area contributed by atoms with Gasteiger partial charge in [-0.25, -0.2) is 8.78 Å². The number of aryl methyl sites for hydroxylation is 1. The minimum atomic E-state index is -2.94. The Bertz CT molecular complexity index is 738. The number of ketones is 1. The summed E-state index contributed by atoms with van der Waals surface area (Å²) in [5.41, 5.74) is 3.04. The van der Waals surface area contributed by atoms with Gasteiger partial charge in [-0.05, 0) is 37.0 Å². The quantitative estimate of drug-likeness (QED) is 0.854. The number of alkyl halides is 2. The van der Waals surface area contributed by atoms with Crippen LogP contribution in [0.2, 0.25) is 0 Å². The van der Waals surface area contributed by atoms with Gasteiger partial charge in [0, 0.05) is 24.4 Å². The summed E-state index contributed by atoms with van der Waals surface area (Å²) < 4.78 is 24.7. The van der Waals surface area contributed by atoms with Gasteiger partial charge in [0.25, 0.3) is 12.3 Å². The molecule has 6 heteroatoms. The topological polar surface area (TPSA) is 62.0 Å². The molecule has 0 saturated carbocycles. The first-order valence-electron chi connectivity index (χ1n) is 7.50. The Morgan fingerprint density at radius 1 is 1.30 bits per heavy atom. The van der Waals surface area contributed by atoms with Gasteiger partial charge in [-0.1, -0.05) is 18.6 Å². The summed E-state index contributed by atoms with van der Waals surface area (Å²) in [6, 6.07) is 5.78. The molecule has 1 aromatic carbocycles. The molecule has 2 aromatic rings. The predicted molar refractivity (Wildman–Crippen MR) is 85.1 cm³/mol. The van der Waals surface area contributed by atoms with Gasteiger partial charge in [0.05, 0.1) is 0 Å². The summed E-state index contributed by atoms with van der Waals surface area (Å²) in [6.45, 7) is 3.79. The molecule has 0 aliphatic heterocycles. The smallest absolute Gasteiger partial charge is 0.295 e. The van der Waals surface area contributed by atoms with Crippen LogP contribution in [-0.2, 0) is 4.79 Å². The molecule has 1 atom stereocenters. The van der Waals surface area contributed by atoms with Crippen molar-refractivity contribution < 1.29 is 18.4 Å². The van der Waals surface area contributed by atoms with Crippen molar-refractivity contribution in [2.45, 2.75) is 39.0 Å². The number of hydrogen-bond acceptors (Lipinski definition) is 2. The predicted octanol–water partition coefficient (Wildman–Crippen LogP) is 3.55. The number of aromatic amines is 1. The second-order valence-corrected chi connectivity index (χ2v) is 5.75. The van der Waals surface area contributed by atoms with Crippen LogP contribution >= 0.6 is 0 Å². The lowest BCUT2D eigenvalue weighted by molar-refractivity contribution is -0.129. The molecule has 1 heterocycles. The number of hydrogen-bond donors (Lipinski definition) is 2. The molecule has 2 rings (SSSR count). The largest absolute Gasteiger partial charge is 0.354 e. The number of amides is 1. The van der Waals surface area contributed by atoms with Crippen LogP contribution in [0.25, 0.3) is 10.9 Å². The molecular formula is C17H20F2N2O2. The Morgan fingerprint density at radius 2 is 2.00 bits per heavy atom. The van der Waals surface area contributed by atoms with E-state index in [-0.39, 0.29) is 24.7 Å². The molecule has 124 valence electrons. The monoisotopic (exact) mass is 322 g/mol. The first-order chi connectivity index (χ1) is 10.8. The van der Waals surface area contributed by atoms with Gasteiger partial charge in [0.1, 0.15) is 5.69 Å². The molecule has 0 aliphatic rings. The van der Waals surface area contributed by atoms with E-state index in [9.17, 15) is 18.4 Å². The highest BCUT2D eigenvalue weighted by Crippen LogP contribution is 2.33. The number of carbonyl (C=O) groups excluding carboxylic acids is 2. The van der Waals surface area contributed by atoms with Crippen molar-refractivity contribution in [1.82, 2.24) is 10.3 Å². The van der Waals surface area contributed by atoms with Gasteiger partial charge >= 0.3 is 0 Å². The minimum Gasteiger partial charge on any atom is -0.354 e. The number of carbonyl (C=O) groups is 2. The highest BCUT2D eigenvalue weighted by atomic mass is 19.3. The molecule has 0 radical (unpaired) electrons. The number of halogens is 2. The van der Waals surface area contributed by atoms with Crippen LogP contribution in [0.5, 0.6) is 0 Å². The minimum absolute atomic E-state index is 0.194. The average Bonchev–Trinajstić information content (AvgIpc) is 2.89. The highest BCUT2D eigenvalue weighted by molar-refractivity contribution is 6.01. The summed E-state index contributed by atoms with van der Waals surface area (Å²) in [5.74, 6) is -1.52. The summed E-state index contributed by atoms with van der Waals surface area (Å²) in [5, 5.41) is 3.47. The molecule has 1 amide bonds. The first kappa shape index (κ1) is 17.1. The van der Waals surface area contributed by atoms with E-state index in [2.05, 4.69) is 10.3 Å².